The third-order valence-corrected chi connectivity index (χ3v) is 3.52. The molecule has 0 saturated heterocycles. The number of para-hydroxylation sites is 1. The third-order valence-electron chi connectivity index (χ3n) is 3.52. The van der Waals surface area contributed by atoms with Crippen LogP contribution in [0.5, 0.6) is 11.5 Å². The molecule has 0 aliphatic rings. The van der Waals surface area contributed by atoms with Crippen LogP contribution in [0.25, 0.3) is 0 Å². The summed E-state index contributed by atoms with van der Waals surface area (Å²) in [5, 5.41) is 9.36. The molecule has 0 atom stereocenters. The van der Waals surface area contributed by atoms with Crippen molar-refractivity contribution in [3.8, 4) is 11.5 Å². The van der Waals surface area contributed by atoms with Crippen LogP contribution in [0.1, 0.15) is 21.5 Å². The minimum Gasteiger partial charge on any atom is -0.496 e. The van der Waals surface area contributed by atoms with Gasteiger partial charge in [-0.15, -0.1) is 0 Å². The number of hydrogen-bond acceptors (Lipinski definition) is 4. The molecule has 0 heterocycles. The summed E-state index contributed by atoms with van der Waals surface area (Å²) in [6.45, 7) is 1.72. The van der Waals surface area contributed by atoms with Crippen molar-refractivity contribution in [2.24, 2.45) is 0 Å². The molecule has 0 aromatic heterocycles. The van der Waals surface area contributed by atoms with Crippen LogP contribution in [0, 0.1) is 6.92 Å². The topological polar surface area (TPSA) is 55.8 Å². The Bertz CT molecular complexity index is 653. The van der Waals surface area contributed by atoms with Crippen molar-refractivity contribution < 1.29 is 19.4 Å². The van der Waals surface area contributed by atoms with Gasteiger partial charge in [0.05, 0.1) is 13.7 Å². The number of carbonyl (C=O) groups excluding carboxylic acids is 1. The Morgan fingerprint density at radius 2 is 1.95 bits per heavy atom. The van der Waals surface area contributed by atoms with Crippen LogP contribution in [-0.2, 0) is 6.61 Å². The Morgan fingerprint density at radius 3 is 2.52 bits per heavy atom. The Morgan fingerprint density at radius 1 is 1.29 bits per heavy atom. The molecule has 0 aliphatic heterocycles. The quantitative estimate of drug-likeness (QED) is 0.516. The molecule has 5 heteroatoms. The molecule has 0 spiro atoms. The van der Waals surface area contributed by atoms with Crippen LogP contribution in [0.3, 0.4) is 0 Å². The molecule has 4 nitrogen and oxygen atoms in total. The minimum atomic E-state index is -0.469. The number of benzene rings is 2. The highest BCUT2D eigenvalue weighted by atomic mass is 16.5. The second kappa shape index (κ2) is 6.46. The number of methoxy groups -OCH3 is 1. The summed E-state index contributed by atoms with van der Waals surface area (Å²) in [4.78, 5) is 12.4. The highest BCUT2D eigenvalue weighted by Gasteiger charge is 2.21. The summed E-state index contributed by atoms with van der Waals surface area (Å²) in [6, 6.07) is 10.6. The second-order valence-electron chi connectivity index (χ2n) is 4.72. The Labute approximate surface area is 124 Å². The summed E-state index contributed by atoms with van der Waals surface area (Å²) < 4.78 is 10.6. The standard InChI is InChI=1S/C16H17BO4/c1-10-14(13(20-2)8-11(9-18)15(10)17)16(19)21-12-6-4-3-5-7-12/h3-8,18H,9,17H2,1-2H3. The lowest BCUT2D eigenvalue weighted by Crippen LogP contribution is -2.22. The first-order chi connectivity index (χ1) is 10.1. The lowest BCUT2D eigenvalue weighted by molar-refractivity contribution is 0.0730. The van der Waals surface area contributed by atoms with E-state index in [-0.39, 0.29) is 6.61 Å². The van der Waals surface area contributed by atoms with Gasteiger partial charge in [-0.3, -0.25) is 0 Å². The van der Waals surface area contributed by atoms with Gasteiger partial charge in [-0.2, -0.15) is 0 Å². The van der Waals surface area contributed by atoms with Gasteiger partial charge in [-0.1, -0.05) is 23.7 Å². The van der Waals surface area contributed by atoms with E-state index in [9.17, 15) is 9.90 Å². The van der Waals surface area contributed by atoms with E-state index in [0.717, 1.165) is 16.6 Å². The van der Waals surface area contributed by atoms with E-state index in [2.05, 4.69) is 0 Å². The zero-order valence-electron chi connectivity index (χ0n) is 12.3. The van der Waals surface area contributed by atoms with E-state index in [1.165, 1.54) is 7.11 Å². The first-order valence-electron chi connectivity index (χ1n) is 6.63. The summed E-state index contributed by atoms with van der Waals surface area (Å²) in [5.41, 5.74) is 2.73. The van der Waals surface area contributed by atoms with Crippen molar-refractivity contribution in [3.63, 3.8) is 0 Å². The Kier molecular flexibility index (Phi) is 4.65. The van der Waals surface area contributed by atoms with Crippen LogP contribution in [0.2, 0.25) is 0 Å². The number of hydrogen-bond donors (Lipinski definition) is 1. The summed E-state index contributed by atoms with van der Waals surface area (Å²) in [5.74, 6) is 0.416. The Balaban J connectivity index is 2.43. The molecule has 0 amide bonds. The fourth-order valence-electron chi connectivity index (χ4n) is 2.18. The zero-order valence-corrected chi connectivity index (χ0v) is 12.3. The molecule has 0 fully saturated rings. The van der Waals surface area contributed by atoms with Crippen molar-refractivity contribution in [3.05, 3.63) is 53.1 Å². The maximum atomic E-state index is 12.4. The van der Waals surface area contributed by atoms with Gasteiger partial charge in [0.1, 0.15) is 24.9 Å². The lowest BCUT2D eigenvalue weighted by Gasteiger charge is -2.16. The number of esters is 1. The summed E-state index contributed by atoms with van der Waals surface area (Å²) in [7, 11) is 3.35. The molecule has 108 valence electrons. The molecule has 1 N–H and O–H groups in total. The molecule has 2 aromatic carbocycles. The largest absolute Gasteiger partial charge is 0.496 e. The zero-order chi connectivity index (χ0) is 15.4. The second-order valence-corrected chi connectivity index (χ2v) is 4.72. The van der Waals surface area contributed by atoms with Crippen molar-refractivity contribution in [1.82, 2.24) is 0 Å². The van der Waals surface area contributed by atoms with Crippen LogP contribution < -0.4 is 14.9 Å². The average Bonchev–Trinajstić information content (AvgIpc) is 2.50. The maximum absolute atomic E-state index is 12.4. The van der Waals surface area contributed by atoms with Gasteiger partial charge in [-0.05, 0) is 36.2 Å². The van der Waals surface area contributed by atoms with Gasteiger partial charge in [-0.25, -0.2) is 4.79 Å². The number of ether oxygens (including phenoxy) is 2. The van der Waals surface area contributed by atoms with E-state index in [4.69, 9.17) is 9.47 Å². The van der Waals surface area contributed by atoms with Crippen molar-refractivity contribution in [1.29, 1.82) is 0 Å². The highest BCUT2D eigenvalue weighted by Crippen LogP contribution is 2.24. The van der Waals surface area contributed by atoms with Gasteiger partial charge in [0.25, 0.3) is 0 Å². The average molecular weight is 284 g/mol. The van der Waals surface area contributed by atoms with E-state index in [1.54, 1.807) is 30.3 Å². The number of aliphatic hydroxyl groups excluding tert-OH is 1. The van der Waals surface area contributed by atoms with E-state index >= 15 is 0 Å². The van der Waals surface area contributed by atoms with Gasteiger partial charge < -0.3 is 14.6 Å². The van der Waals surface area contributed by atoms with Crippen LogP contribution >= 0.6 is 0 Å². The third kappa shape index (κ3) is 3.08. The number of rotatable bonds is 4. The van der Waals surface area contributed by atoms with Crippen LogP contribution in [0.4, 0.5) is 0 Å². The van der Waals surface area contributed by atoms with E-state index < -0.39 is 5.97 Å². The predicted octanol–water partition coefficient (Wildman–Crippen LogP) is 0.974. The van der Waals surface area contributed by atoms with Gasteiger partial charge in [0, 0.05) is 0 Å². The van der Waals surface area contributed by atoms with Crippen molar-refractivity contribution in [2.75, 3.05) is 7.11 Å². The summed E-state index contributed by atoms with van der Waals surface area (Å²) >= 11 is 0. The van der Waals surface area contributed by atoms with Crippen LogP contribution in [0.15, 0.2) is 36.4 Å². The minimum absolute atomic E-state index is 0.100. The molecular formula is C16H17BO4. The highest BCUT2D eigenvalue weighted by molar-refractivity contribution is 6.35. The van der Waals surface area contributed by atoms with E-state index in [1.807, 2.05) is 20.8 Å². The Hall–Kier alpha value is -2.27. The molecule has 21 heavy (non-hydrogen) atoms. The first-order valence-corrected chi connectivity index (χ1v) is 6.63. The fraction of sp³-hybridized carbons (Fsp3) is 0.188. The maximum Gasteiger partial charge on any atom is 0.347 e. The molecule has 0 aliphatic carbocycles. The SMILES string of the molecule is Bc1c(CO)cc(OC)c(C(=O)Oc2ccccc2)c1C. The smallest absolute Gasteiger partial charge is 0.347 e. The van der Waals surface area contributed by atoms with Gasteiger partial charge >= 0.3 is 5.97 Å². The molecule has 0 radical (unpaired) electrons. The molecule has 0 unspecified atom stereocenters. The van der Waals surface area contributed by atoms with Crippen molar-refractivity contribution in [2.45, 2.75) is 13.5 Å². The number of aliphatic hydroxyl groups is 1. The van der Waals surface area contributed by atoms with E-state index in [0.29, 0.717) is 17.1 Å². The lowest BCUT2D eigenvalue weighted by atomic mass is 9.83. The fourth-order valence-corrected chi connectivity index (χ4v) is 2.18. The molecular weight excluding hydrogens is 267 g/mol. The molecule has 0 saturated carbocycles. The normalized spacial score (nSPS) is 10.2. The number of carbonyl (C=O) groups is 1. The molecule has 2 rings (SSSR count). The predicted molar refractivity (Wildman–Crippen MR) is 83.2 cm³/mol. The summed E-state index contributed by atoms with van der Waals surface area (Å²) in [6.07, 6.45) is 0. The van der Waals surface area contributed by atoms with Crippen LogP contribution in [-0.4, -0.2) is 26.0 Å². The van der Waals surface area contributed by atoms with Crippen molar-refractivity contribution >= 4 is 19.3 Å². The molecule has 0 bridgehead atoms. The van der Waals surface area contributed by atoms with Gasteiger partial charge in [0.15, 0.2) is 0 Å². The van der Waals surface area contributed by atoms with Gasteiger partial charge in [0.2, 0.25) is 0 Å². The monoisotopic (exact) mass is 284 g/mol. The first kappa shape index (κ1) is 15.1. The molecule has 2 aromatic rings.